The molecular weight excluding hydrogens is 348 g/mol. The zero-order valence-corrected chi connectivity index (χ0v) is 16.6. The zero-order valence-electron chi connectivity index (χ0n) is 15.8. The summed E-state index contributed by atoms with van der Waals surface area (Å²) < 4.78 is 25.9. The molecule has 144 valence electrons. The van der Waals surface area contributed by atoms with Gasteiger partial charge in [0.05, 0.1) is 4.90 Å². The number of hydrogen-bond donors (Lipinski definition) is 1. The lowest BCUT2D eigenvalue weighted by molar-refractivity contribution is -0.135. The number of sulfonamides is 1. The number of carbonyl (C=O) groups excluding carboxylic acids is 1. The first-order valence-corrected chi connectivity index (χ1v) is 11.2. The molecule has 0 atom stereocenters. The number of rotatable bonds is 7. The van der Waals surface area contributed by atoms with E-state index in [1.165, 1.54) is 19.9 Å². The molecule has 0 radical (unpaired) electrons. The quantitative estimate of drug-likeness (QED) is 0.793. The minimum Gasteiger partial charge on any atom is -0.337 e. The van der Waals surface area contributed by atoms with Gasteiger partial charge in [0.2, 0.25) is 15.9 Å². The Bertz CT molecular complexity index is 718. The van der Waals surface area contributed by atoms with Crippen molar-refractivity contribution in [3.05, 3.63) is 29.8 Å². The predicted molar refractivity (Wildman–Crippen MR) is 102 cm³/mol. The lowest BCUT2D eigenvalue weighted by Gasteiger charge is -2.36. The molecule has 0 saturated heterocycles. The normalized spacial score (nSPS) is 23.6. The highest BCUT2D eigenvalue weighted by Gasteiger charge is 2.37. The molecule has 0 aliphatic heterocycles. The highest BCUT2D eigenvalue weighted by atomic mass is 32.2. The van der Waals surface area contributed by atoms with Gasteiger partial charge >= 0.3 is 0 Å². The third-order valence-corrected chi connectivity index (χ3v) is 7.17. The SMILES string of the molecule is CNS(=O)(=O)c1ccc(CCC(=O)N(C2CCC(C)CC2)C2CC2)cc1. The number of amides is 1. The van der Waals surface area contributed by atoms with Gasteiger partial charge in [-0.1, -0.05) is 19.1 Å². The standard InChI is InChI=1S/C20H30N2O3S/c1-15-3-8-17(9-4-15)22(18-10-11-18)20(23)14-7-16-5-12-19(13-6-16)26(24,25)21-2/h5-6,12-13,15,17-18,21H,3-4,7-11,14H2,1-2H3. The molecular formula is C20H30N2O3S. The molecule has 5 nitrogen and oxygen atoms in total. The van der Waals surface area contributed by atoms with Gasteiger partial charge in [0.15, 0.2) is 0 Å². The summed E-state index contributed by atoms with van der Waals surface area (Å²) >= 11 is 0. The lowest BCUT2D eigenvalue weighted by atomic mass is 9.86. The molecule has 6 heteroatoms. The van der Waals surface area contributed by atoms with Gasteiger partial charge in [-0.15, -0.1) is 0 Å². The fourth-order valence-electron chi connectivity index (χ4n) is 3.91. The molecule has 0 bridgehead atoms. The van der Waals surface area contributed by atoms with Gasteiger partial charge < -0.3 is 4.90 Å². The number of nitrogens with zero attached hydrogens (tertiary/aromatic N) is 1. The van der Waals surface area contributed by atoms with E-state index in [4.69, 9.17) is 0 Å². The molecule has 3 rings (SSSR count). The van der Waals surface area contributed by atoms with E-state index in [0.717, 1.165) is 37.2 Å². The number of aryl methyl sites for hydroxylation is 1. The smallest absolute Gasteiger partial charge is 0.240 e. The number of hydrogen-bond acceptors (Lipinski definition) is 3. The Morgan fingerprint density at radius 1 is 1.04 bits per heavy atom. The summed E-state index contributed by atoms with van der Waals surface area (Å²) in [4.78, 5) is 15.3. The average molecular weight is 379 g/mol. The summed E-state index contributed by atoms with van der Waals surface area (Å²) in [6.45, 7) is 2.30. The maximum Gasteiger partial charge on any atom is 0.240 e. The van der Waals surface area contributed by atoms with Gasteiger partial charge in [0, 0.05) is 18.5 Å². The molecule has 2 aliphatic rings. The van der Waals surface area contributed by atoms with E-state index < -0.39 is 10.0 Å². The molecule has 0 spiro atoms. The summed E-state index contributed by atoms with van der Waals surface area (Å²) in [5, 5.41) is 0. The largest absolute Gasteiger partial charge is 0.337 e. The van der Waals surface area contributed by atoms with Crippen LogP contribution >= 0.6 is 0 Å². The summed E-state index contributed by atoms with van der Waals surface area (Å²) in [5.41, 5.74) is 1.00. The summed E-state index contributed by atoms with van der Waals surface area (Å²) in [7, 11) is -2.00. The molecule has 0 heterocycles. The molecule has 1 aromatic carbocycles. The fourth-order valence-corrected chi connectivity index (χ4v) is 4.64. The molecule has 2 saturated carbocycles. The Morgan fingerprint density at radius 3 is 2.08 bits per heavy atom. The fraction of sp³-hybridized carbons (Fsp3) is 0.650. The molecule has 1 amide bonds. The molecule has 0 aromatic heterocycles. The molecule has 2 aliphatic carbocycles. The minimum atomic E-state index is -3.41. The second-order valence-electron chi connectivity index (χ2n) is 7.80. The van der Waals surface area contributed by atoms with Crippen LogP contribution in [0.3, 0.4) is 0 Å². The first kappa shape index (κ1) is 19.4. The van der Waals surface area contributed by atoms with Crippen LogP contribution in [0, 0.1) is 5.92 Å². The van der Waals surface area contributed by atoms with Crippen LogP contribution in [0.1, 0.15) is 57.4 Å². The van der Waals surface area contributed by atoms with Crippen LogP contribution in [0.2, 0.25) is 0 Å². The van der Waals surface area contributed by atoms with Crippen molar-refractivity contribution in [3.63, 3.8) is 0 Å². The van der Waals surface area contributed by atoms with Crippen LogP contribution in [0.25, 0.3) is 0 Å². The van der Waals surface area contributed by atoms with Crippen LogP contribution in [0.4, 0.5) is 0 Å². The van der Waals surface area contributed by atoms with E-state index in [-0.39, 0.29) is 10.8 Å². The minimum absolute atomic E-state index is 0.256. The van der Waals surface area contributed by atoms with Crippen LogP contribution in [0.15, 0.2) is 29.2 Å². The zero-order chi connectivity index (χ0) is 18.7. The van der Waals surface area contributed by atoms with Crippen LogP contribution in [0.5, 0.6) is 0 Å². The van der Waals surface area contributed by atoms with Crippen molar-refractivity contribution in [2.75, 3.05) is 7.05 Å². The molecule has 0 unspecified atom stereocenters. The average Bonchev–Trinajstić information content (AvgIpc) is 3.47. The highest BCUT2D eigenvalue weighted by Crippen LogP contribution is 2.35. The maximum atomic E-state index is 12.9. The van der Waals surface area contributed by atoms with Crippen LogP contribution in [-0.2, 0) is 21.2 Å². The lowest BCUT2D eigenvalue weighted by Crippen LogP contribution is -2.43. The third-order valence-electron chi connectivity index (χ3n) is 5.74. The van der Waals surface area contributed by atoms with E-state index >= 15 is 0 Å². The van der Waals surface area contributed by atoms with Crippen molar-refractivity contribution in [1.82, 2.24) is 9.62 Å². The van der Waals surface area contributed by atoms with Crippen molar-refractivity contribution >= 4 is 15.9 Å². The van der Waals surface area contributed by atoms with Crippen molar-refractivity contribution in [3.8, 4) is 0 Å². The number of benzene rings is 1. The number of nitrogens with one attached hydrogen (secondary N) is 1. The van der Waals surface area contributed by atoms with Gasteiger partial charge in [-0.2, -0.15) is 0 Å². The summed E-state index contributed by atoms with van der Waals surface area (Å²) in [6, 6.07) is 7.71. The van der Waals surface area contributed by atoms with Crippen molar-refractivity contribution in [1.29, 1.82) is 0 Å². The van der Waals surface area contributed by atoms with Crippen LogP contribution < -0.4 is 4.72 Å². The second-order valence-corrected chi connectivity index (χ2v) is 9.68. The van der Waals surface area contributed by atoms with Gasteiger partial charge in [0.1, 0.15) is 0 Å². The maximum absolute atomic E-state index is 12.9. The van der Waals surface area contributed by atoms with E-state index in [2.05, 4.69) is 16.5 Å². The summed E-state index contributed by atoms with van der Waals surface area (Å²) in [6.07, 6.45) is 8.18. The second kappa shape index (κ2) is 8.09. The molecule has 1 aromatic rings. The van der Waals surface area contributed by atoms with E-state index in [0.29, 0.717) is 24.9 Å². The van der Waals surface area contributed by atoms with Crippen molar-refractivity contribution < 1.29 is 13.2 Å². The summed E-state index contributed by atoms with van der Waals surface area (Å²) in [5.74, 6) is 1.05. The van der Waals surface area contributed by atoms with E-state index in [9.17, 15) is 13.2 Å². The number of carbonyl (C=O) groups is 1. The predicted octanol–water partition coefficient (Wildman–Crippen LogP) is 3.10. The molecule has 26 heavy (non-hydrogen) atoms. The Morgan fingerprint density at radius 2 is 1.58 bits per heavy atom. The Kier molecular flexibility index (Phi) is 6.03. The first-order chi connectivity index (χ1) is 12.4. The topological polar surface area (TPSA) is 66.5 Å². The van der Waals surface area contributed by atoms with E-state index in [1.54, 1.807) is 24.3 Å². The van der Waals surface area contributed by atoms with E-state index in [1.807, 2.05) is 0 Å². The van der Waals surface area contributed by atoms with Crippen molar-refractivity contribution in [2.24, 2.45) is 5.92 Å². The molecule has 1 N–H and O–H groups in total. The first-order valence-electron chi connectivity index (χ1n) is 9.74. The highest BCUT2D eigenvalue weighted by molar-refractivity contribution is 7.89. The monoisotopic (exact) mass is 378 g/mol. The Labute approximate surface area is 157 Å². The van der Waals surface area contributed by atoms with Crippen molar-refractivity contribution in [2.45, 2.75) is 75.3 Å². The van der Waals surface area contributed by atoms with Gasteiger partial charge in [-0.25, -0.2) is 13.1 Å². The third kappa shape index (κ3) is 4.65. The van der Waals surface area contributed by atoms with Gasteiger partial charge in [0.25, 0.3) is 0 Å². The van der Waals surface area contributed by atoms with Crippen LogP contribution in [-0.4, -0.2) is 38.4 Å². The molecule has 2 fully saturated rings. The van der Waals surface area contributed by atoms with Gasteiger partial charge in [-0.3, -0.25) is 4.79 Å². The van der Waals surface area contributed by atoms with Gasteiger partial charge in [-0.05, 0) is 75.6 Å². The Hall–Kier alpha value is -1.40. The Balaban J connectivity index is 1.58.